The summed E-state index contributed by atoms with van der Waals surface area (Å²) in [5.74, 6) is 7.23. The normalized spacial score (nSPS) is 23.0. The van der Waals surface area contributed by atoms with Crippen LogP contribution in [0.5, 0.6) is 0 Å². The molecular weight excluding hydrogens is 236 g/mol. The molecule has 3 rings (SSSR count). The fraction of sp³-hybridized carbons (Fsp3) is 0.625. The van der Waals surface area contributed by atoms with Gasteiger partial charge in [-0.2, -0.15) is 0 Å². The fourth-order valence-electron chi connectivity index (χ4n) is 3.41. The third-order valence-electron chi connectivity index (χ3n) is 4.79. The minimum atomic E-state index is 0.278. The Hall–Kier alpha value is -0.900. The van der Waals surface area contributed by atoms with Crippen molar-refractivity contribution in [1.82, 2.24) is 5.43 Å². The van der Waals surface area contributed by atoms with E-state index in [0.717, 1.165) is 32.0 Å². The first kappa shape index (κ1) is 13.1. The Kier molecular flexibility index (Phi) is 4.16. The molecule has 2 fully saturated rings. The van der Waals surface area contributed by atoms with E-state index in [1.54, 1.807) is 0 Å². The van der Waals surface area contributed by atoms with Crippen LogP contribution in [0.4, 0.5) is 0 Å². The van der Waals surface area contributed by atoms with Gasteiger partial charge in [0.2, 0.25) is 0 Å². The first-order valence-electron chi connectivity index (χ1n) is 7.53. The van der Waals surface area contributed by atoms with Crippen molar-refractivity contribution in [2.45, 2.75) is 44.1 Å². The first-order chi connectivity index (χ1) is 9.40. The maximum Gasteiger partial charge on any atom is 0.0492 e. The number of rotatable bonds is 4. The molecule has 1 aliphatic heterocycles. The molecule has 1 heterocycles. The molecule has 0 spiro atoms. The van der Waals surface area contributed by atoms with E-state index in [2.05, 4.69) is 29.7 Å². The van der Waals surface area contributed by atoms with E-state index in [0.29, 0.717) is 5.92 Å². The van der Waals surface area contributed by atoms with E-state index >= 15 is 0 Å². The highest BCUT2D eigenvalue weighted by Gasteiger charge is 2.29. The molecule has 3 N–H and O–H groups in total. The van der Waals surface area contributed by atoms with Crippen LogP contribution in [0.15, 0.2) is 24.3 Å². The Bertz CT molecular complexity index is 411. The third-order valence-corrected chi connectivity index (χ3v) is 4.79. The number of nitrogens with two attached hydrogens (primary N) is 1. The third kappa shape index (κ3) is 2.69. The second-order valence-electron chi connectivity index (χ2n) is 5.85. The van der Waals surface area contributed by atoms with E-state index in [9.17, 15) is 0 Å². The van der Waals surface area contributed by atoms with Crippen LogP contribution < -0.4 is 11.3 Å². The summed E-state index contributed by atoms with van der Waals surface area (Å²) in [4.78, 5) is 0. The first-order valence-corrected chi connectivity index (χ1v) is 7.53. The van der Waals surface area contributed by atoms with Crippen LogP contribution in [-0.4, -0.2) is 13.2 Å². The molecule has 0 bridgehead atoms. The van der Waals surface area contributed by atoms with Gasteiger partial charge in [-0.25, -0.2) is 0 Å². The van der Waals surface area contributed by atoms with Gasteiger partial charge in [-0.3, -0.25) is 11.3 Å². The van der Waals surface area contributed by atoms with E-state index in [1.807, 2.05) is 0 Å². The van der Waals surface area contributed by atoms with Gasteiger partial charge >= 0.3 is 0 Å². The van der Waals surface area contributed by atoms with Crippen molar-refractivity contribution in [2.24, 2.45) is 11.8 Å². The predicted molar refractivity (Wildman–Crippen MR) is 76.6 cm³/mol. The van der Waals surface area contributed by atoms with Gasteiger partial charge in [-0.15, -0.1) is 0 Å². The standard InChI is InChI=1S/C16H24N2O/c17-18-16(13-8-10-19-11-9-13)15-7-2-1-6-14(15)12-4-3-5-12/h1-2,6-7,12-13,16,18H,3-5,8-11,17H2. The highest BCUT2D eigenvalue weighted by molar-refractivity contribution is 5.34. The Morgan fingerprint density at radius 3 is 2.47 bits per heavy atom. The number of benzene rings is 1. The lowest BCUT2D eigenvalue weighted by molar-refractivity contribution is 0.0534. The summed E-state index contributed by atoms with van der Waals surface area (Å²) < 4.78 is 5.47. The SMILES string of the molecule is NNC(c1ccccc1C1CCC1)C1CCOCC1. The Morgan fingerprint density at radius 2 is 1.84 bits per heavy atom. The van der Waals surface area contributed by atoms with Crippen molar-refractivity contribution in [3.63, 3.8) is 0 Å². The quantitative estimate of drug-likeness (QED) is 0.646. The van der Waals surface area contributed by atoms with Gasteiger partial charge in [0.15, 0.2) is 0 Å². The zero-order valence-electron chi connectivity index (χ0n) is 11.5. The molecule has 0 radical (unpaired) electrons. The summed E-state index contributed by atoms with van der Waals surface area (Å²) in [6.07, 6.45) is 6.25. The molecule has 3 heteroatoms. The molecule has 1 saturated carbocycles. The zero-order valence-corrected chi connectivity index (χ0v) is 11.5. The smallest absolute Gasteiger partial charge is 0.0492 e. The van der Waals surface area contributed by atoms with Crippen LogP contribution in [-0.2, 0) is 4.74 Å². The van der Waals surface area contributed by atoms with E-state index in [1.165, 1.54) is 30.4 Å². The maximum absolute atomic E-state index is 5.87. The molecule has 0 aromatic heterocycles. The van der Waals surface area contributed by atoms with Crippen molar-refractivity contribution in [2.75, 3.05) is 13.2 Å². The average Bonchev–Trinajstić information content (AvgIpc) is 2.41. The van der Waals surface area contributed by atoms with Gasteiger partial charge in [0.1, 0.15) is 0 Å². The molecule has 3 nitrogen and oxygen atoms in total. The number of hydrogen-bond acceptors (Lipinski definition) is 3. The van der Waals surface area contributed by atoms with Crippen LogP contribution in [0.2, 0.25) is 0 Å². The van der Waals surface area contributed by atoms with Crippen molar-refractivity contribution >= 4 is 0 Å². The van der Waals surface area contributed by atoms with Crippen molar-refractivity contribution in [3.8, 4) is 0 Å². The van der Waals surface area contributed by atoms with Gasteiger partial charge in [-0.1, -0.05) is 30.7 Å². The summed E-state index contributed by atoms with van der Waals surface area (Å²) >= 11 is 0. The summed E-state index contributed by atoms with van der Waals surface area (Å²) in [7, 11) is 0. The average molecular weight is 260 g/mol. The summed E-state index contributed by atoms with van der Waals surface area (Å²) in [6.45, 7) is 1.74. The van der Waals surface area contributed by atoms with Gasteiger partial charge in [0.05, 0.1) is 0 Å². The van der Waals surface area contributed by atoms with Crippen LogP contribution in [0.1, 0.15) is 55.2 Å². The van der Waals surface area contributed by atoms with Crippen LogP contribution >= 0.6 is 0 Å². The topological polar surface area (TPSA) is 47.3 Å². The van der Waals surface area contributed by atoms with Gasteiger partial charge < -0.3 is 4.74 Å². The molecule has 1 atom stereocenters. The van der Waals surface area contributed by atoms with Crippen molar-refractivity contribution in [3.05, 3.63) is 35.4 Å². The molecular formula is C16H24N2O. The monoisotopic (exact) mass is 260 g/mol. The van der Waals surface area contributed by atoms with E-state index in [4.69, 9.17) is 10.6 Å². The van der Waals surface area contributed by atoms with Gasteiger partial charge in [0.25, 0.3) is 0 Å². The minimum Gasteiger partial charge on any atom is -0.381 e. The van der Waals surface area contributed by atoms with Crippen molar-refractivity contribution in [1.29, 1.82) is 0 Å². The molecule has 104 valence electrons. The Labute approximate surface area is 115 Å². The number of nitrogens with one attached hydrogen (secondary N) is 1. The molecule has 0 amide bonds. The van der Waals surface area contributed by atoms with E-state index < -0.39 is 0 Å². The Balaban J connectivity index is 1.85. The lowest BCUT2D eigenvalue weighted by atomic mass is 9.75. The predicted octanol–water partition coefficient (Wildman–Crippen LogP) is 2.89. The highest BCUT2D eigenvalue weighted by Crippen LogP contribution is 2.41. The molecule has 1 aromatic rings. The number of hydrogen-bond donors (Lipinski definition) is 2. The largest absolute Gasteiger partial charge is 0.381 e. The van der Waals surface area contributed by atoms with Crippen LogP contribution in [0, 0.1) is 5.92 Å². The lowest BCUT2D eigenvalue weighted by Gasteiger charge is -2.34. The minimum absolute atomic E-state index is 0.278. The molecule has 1 aliphatic carbocycles. The molecule has 1 unspecified atom stereocenters. The molecule has 1 saturated heterocycles. The Morgan fingerprint density at radius 1 is 1.11 bits per heavy atom. The van der Waals surface area contributed by atoms with Gasteiger partial charge in [-0.05, 0) is 48.6 Å². The molecule has 2 aliphatic rings. The lowest BCUT2D eigenvalue weighted by Crippen LogP contribution is -2.37. The second kappa shape index (κ2) is 6.04. The molecule has 19 heavy (non-hydrogen) atoms. The maximum atomic E-state index is 5.87. The summed E-state index contributed by atoms with van der Waals surface area (Å²) in [6, 6.07) is 9.13. The van der Waals surface area contributed by atoms with Crippen molar-refractivity contribution < 1.29 is 4.74 Å². The van der Waals surface area contributed by atoms with Gasteiger partial charge in [0, 0.05) is 19.3 Å². The van der Waals surface area contributed by atoms with E-state index in [-0.39, 0.29) is 6.04 Å². The van der Waals surface area contributed by atoms with Crippen LogP contribution in [0.3, 0.4) is 0 Å². The summed E-state index contributed by atoms with van der Waals surface area (Å²) in [5, 5.41) is 0. The fourth-order valence-corrected chi connectivity index (χ4v) is 3.41. The second-order valence-corrected chi connectivity index (χ2v) is 5.85. The number of hydrazine groups is 1. The number of ether oxygens (including phenoxy) is 1. The zero-order chi connectivity index (χ0) is 13.1. The summed E-state index contributed by atoms with van der Waals surface area (Å²) in [5.41, 5.74) is 6.01. The van der Waals surface area contributed by atoms with Crippen LogP contribution in [0.25, 0.3) is 0 Å². The molecule has 1 aromatic carbocycles. The highest BCUT2D eigenvalue weighted by atomic mass is 16.5.